The van der Waals surface area contributed by atoms with Gasteiger partial charge >= 0.3 is 11.3 Å². The Labute approximate surface area is 189 Å². The third-order valence-corrected chi connectivity index (χ3v) is 5.10. The van der Waals surface area contributed by atoms with Crippen molar-refractivity contribution >= 4 is 10.1 Å². The van der Waals surface area contributed by atoms with Crippen LogP contribution in [-0.4, -0.2) is 23.5 Å². The van der Waals surface area contributed by atoms with Gasteiger partial charge in [0.15, 0.2) is 10.1 Å². The zero-order chi connectivity index (χ0) is 24.1. The van der Waals surface area contributed by atoms with Gasteiger partial charge in [0.1, 0.15) is 11.4 Å². The molecular weight excluding hydrogens is 453 g/mol. The highest BCUT2D eigenvalue weighted by atomic mass is 32.2. The third kappa shape index (κ3) is 6.24. The third-order valence-electron chi connectivity index (χ3n) is 4.54. The second-order valence-corrected chi connectivity index (χ2v) is 8.31. The molecule has 0 aliphatic carbocycles. The molecule has 0 saturated carbocycles. The fourth-order valence-corrected chi connectivity index (χ4v) is 3.00. The van der Waals surface area contributed by atoms with Crippen LogP contribution in [0, 0.1) is 6.92 Å². The standard InChI is InChI=1S/C23H19N2.CHF3O3S/c1-18-9-8-14-23(24-18)25-16-15-21(19-10-4-2-5-11-19)17-22(25)20-12-6-3-7-13-20;2-1(3,4)8(5,6)7/h2-17H,1H3;(H,5,6,7)/q+1;/p-1. The van der Waals surface area contributed by atoms with E-state index in [9.17, 15) is 13.2 Å². The molecule has 33 heavy (non-hydrogen) atoms. The quantitative estimate of drug-likeness (QED) is 0.238. The van der Waals surface area contributed by atoms with E-state index in [-0.39, 0.29) is 0 Å². The van der Waals surface area contributed by atoms with Gasteiger partial charge in [-0.25, -0.2) is 8.42 Å². The Bertz CT molecular complexity index is 1330. The smallest absolute Gasteiger partial charge is 0.485 e. The Morgan fingerprint density at radius 2 is 1.33 bits per heavy atom. The van der Waals surface area contributed by atoms with Crippen LogP contribution in [-0.2, 0) is 10.1 Å². The fraction of sp³-hybridized carbons (Fsp3) is 0.0833. The van der Waals surface area contributed by atoms with Gasteiger partial charge in [-0.15, -0.1) is 0 Å². The van der Waals surface area contributed by atoms with Gasteiger partial charge in [-0.1, -0.05) is 60.7 Å². The van der Waals surface area contributed by atoms with E-state index < -0.39 is 15.6 Å². The molecule has 2 heterocycles. The number of rotatable bonds is 3. The van der Waals surface area contributed by atoms with Gasteiger partial charge in [-0.3, -0.25) is 0 Å². The maximum atomic E-state index is 10.7. The van der Waals surface area contributed by atoms with Crippen molar-refractivity contribution in [3.63, 3.8) is 0 Å². The van der Waals surface area contributed by atoms with Crippen molar-refractivity contribution < 1.29 is 30.7 Å². The summed E-state index contributed by atoms with van der Waals surface area (Å²) < 4.78 is 61.1. The molecule has 0 atom stereocenters. The summed E-state index contributed by atoms with van der Waals surface area (Å²) in [6.45, 7) is 2.02. The maximum Gasteiger partial charge on any atom is 0.485 e. The van der Waals surface area contributed by atoms with Crippen LogP contribution in [0.1, 0.15) is 5.69 Å². The van der Waals surface area contributed by atoms with Crippen LogP contribution in [0.15, 0.2) is 97.2 Å². The summed E-state index contributed by atoms with van der Waals surface area (Å²) in [6, 6.07) is 31.4. The number of hydrogen-bond acceptors (Lipinski definition) is 4. The molecule has 170 valence electrons. The van der Waals surface area contributed by atoms with Crippen molar-refractivity contribution in [2.24, 2.45) is 0 Å². The minimum absolute atomic E-state index is 0.929. The highest BCUT2D eigenvalue weighted by Crippen LogP contribution is 2.24. The highest BCUT2D eigenvalue weighted by Gasteiger charge is 2.36. The normalized spacial score (nSPS) is 11.4. The number of aryl methyl sites for hydroxylation is 1. The van der Waals surface area contributed by atoms with Crippen LogP contribution < -0.4 is 4.57 Å². The number of nitrogens with zero attached hydrogens (tertiary/aromatic N) is 2. The van der Waals surface area contributed by atoms with E-state index in [0.29, 0.717) is 0 Å². The zero-order valence-electron chi connectivity index (χ0n) is 17.4. The summed E-state index contributed by atoms with van der Waals surface area (Å²) in [5.41, 5.74) is 0.0691. The average Bonchev–Trinajstić information content (AvgIpc) is 2.79. The van der Waals surface area contributed by atoms with E-state index in [0.717, 1.165) is 17.2 Å². The molecule has 0 bridgehead atoms. The van der Waals surface area contributed by atoms with Gasteiger partial charge in [0.05, 0.1) is 6.20 Å². The fourth-order valence-electron chi connectivity index (χ4n) is 3.00. The minimum Gasteiger partial charge on any atom is -0.741 e. The van der Waals surface area contributed by atoms with Crippen LogP contribution in [0.5, 0.6) is 0 Å². The van der Waals surface area contributed by atoms with Crippen molar-refractivity contribution in [1.82, 2.24) is 4.98 Å². The van der Waals surface area contributed by atoms with Crippen LogP contribution in [0.25, 0.3) is 28.2 Å². The van der Waals surface area contributed by atoms with Crippen LogP contribution in [0.3, 0.4) is 0 Å². The van der Waals surface area contributed by atoms with Crippen LogP contribution in [0.4, 0.5) is 13.2 Å². The highest BCUT2D eigenvalue weighted by molar-refractivity contribution is 7.86. The number of hydrogen-bond donors (Lipinski definition) is 0. The number of aromatic nitrogens is 2. The summed E-state index contributed by atoms with van der Waals surface area (Å²) in [5.74, 6) is 0.929. The number of benzene rings is 2. The monoisotopic (exact) mass is 472 g/mol. The van der Waals surface area contributed by atoms with E-state index in [2.05, 4.69) is 71.4 Å². The molecule has 2 aromatic heterocycles. The predicted molar refractivity (Wildman–Crippen MR) is 117 cm³/mol. The minimum atomic E-state index is -6.09. The van der Waals surface area contributed by atoms with Crippen LogP contribution >= 0.6 is 0 Å². The molecule has 0 amide bonds. The largest absolute Gasteiger partial charge is 0.741 e. The van der Waals surface area contributed by atoms with E-state index in [1.54, 1.807) is 0 Å². The zero-order valence-corrected chi connectivity index (χ0v) is 18.2. The van der Waals surface area contributed by atoms with Gasteiger partial charge < -0.3 is 4.55 Å². The molecule has 0 aliphatic heterocycles. The van der Waals surface area contributed by atoms with Gasteiger partial charge in [0.2, 0.25) is 0 Å². The number of pyridine rings is 2. The molecule has 0 fully saturated rings. The molecule has 0 spiro atoms. The number of alkyl halides is 3. The van der Waals surface area contributed by atoms with Crippen molar-refractivity contribution in [3.8, 4) is 28.2 Å². The first kappa shape index (κ1) is 24.1. The van der Waals surface area contributed by atoms with E-state index in [4.69, 9.17) is 18.0 Å². The predicted octanol–water partition coefficient (Wildman–Crippen LogP) is 5.05. The molecule has 0 radical (unpaired) electrons. The Morgan fingerprint density at radius 3 is 1.85 bits per heavy atom. The van der Waals surface area contributed by atoms with Gasteiger partial charge in [-0.05, 0) is 40.4 Å². The molecule has 0 saturated heterocycles. The van der Waals surface area contributed by atoms with Crippen molar-refractivity contribution in [2.75, 3.05) is 0 Å². The number of halogens is 3. The molecule has 5 nitrogen and oxygen atoms in total. The molecule has 0 unspecified atom stereocenters. The Morgan fingerprint density at radius 1 is 0.788 bits per heavy atom. The molecular formula is C24H19F3N2O3S. The second-order valence-electron chi connectivity index (χ2n) is 6.94. The van der Waals surface area contributed by atoms with E-state index >= 15 is 0 Å². The van der Waals surface area contributed by atoms with Crippen molar-refractivity contribution in [3.05, 3.63) is 103 Å². The van der Waals surface area contributed by atoms with Gasteiger partial charge in [-0.2, -0.15) is 17.7 Å². The van der Waals surface area contributed by atoms with Crippen molar-refractivity contribution in [1.29, 1.82) is 0 Å². The second kappa shape index (κ2) is 9.93. The average molecular weight is 472 g/mol. The first-order chi connectivity index (χ1) is 15.6. The SMILES string of the molecule is Cc1cccc(-[n+]2ccc(-c3ccccc3)cc2-c2ccccc2)n1.O=S(=O)([O-])C(F)(F)F. The van der Waals surface area contributed by atoms with Crippen molar-refractivity contribution in [2.45, 2.75) is 12.4 Å². The lowest BCUT2D eigenvalue weighted by Crippen LogP contribution is -2.34. The first-order valence-corrected chi connectivity index (χ1v) is 11.1. The Hall–Kier alpha value is -3.56. The topological polar surface area (TPSA) is 74.0 Å². The van der Waals surface area contributed by atoms with Crippen LogP contribution in [0.2, 0.25) is 0 Å². The Kier molecular flexibility index (Phi) is 7.25. The maximum absolute atomic E-state index is 10.7. The molecule has 2 aromatic carbocycles. The first-order valence-electron chi connectivity index (χ1n) is 9.69. The molecule has 4 rings (SSSR count). The summed E-state index contributed by atoms with van der Waals surface area (Å²) in [6.07, 6.45) is 2.10. The summed E-state index contributed by atoms with van der Waals surface area (Å²) in [7, 11) is -6.09. The Balaban J connectivity index is 0.000000331. The van der Waals surface area contributed by atoms with E-state index in [1.165, 1.54) is 16.7 Å². The molecule has 4 aromatic rings. The lowest BCUT2D eigenvalue weighted by atomic mass is 10.0. The molecule has 0 aliphatic rings. The van der Waals surface area contributed by atoms with Gasteiger partial charge in [0, 0.05) is 18.6 Å². The molecule has 0 N–H and O–H groups in total. The molecule has 9 heteroatoms. The van der Waals surface area contributed by atoms with E-state index in [1.807, 2.05) is 37.3 Å². The summed E-state index contributed by atoms with van der Waals surface area (Å²) >= 11 is 0. The lowest BCUT2D eigenvalue weighted by Gasteiger charge is -2.09. The summed E-state index contributed by atoms with van der Waals surface area (Å²) in [5, 5.41) is 0. The lowest BCUT2D eigenvalue weighted by molar-refractivity contribution is -0.587. The van der Waals surface area contributed by atoms with Gasteiger partial charge in [0.25, 0.3) is 0 Å². The summed E-state index contributed by atoms with van der Waals surface area (Å²) in [4.78, 5) is 4.69.